The summed E-state index contributed by atoms with van der Waals surface area (Å²) in [6.07, 6.45) is 0. The molecule has 1 amide bonds. The molecule has 0 aliphatic carbocycles. The van der Waals surface area contributed by atoms with Crippen molar-refractivity contribution < 1.29 is 4.79 Å². The van der Waals surface area contributed by atoms with E-state index in [1.807, 2.05) is 29.6 Å². The molecule has 0 fully saturated rings. The van der Waals surface area contributed by atoms with Gasteiger partial charge in [0.15, 0.2) is 5.13 Å². The van der Waals surface area contributed by atoms with Gasteiger partial charge in [0, 0.05) is 21.0 Å². The number of carbonyl (C=O) groups excluding carboxylic acids is 1. The fourth-order valence-corrected chi connectivity index (χ4v) is 3.67. The Morgan fingerprint density at radius 1 is 1.04 bits per heavy atom. The zero-order chi connectivity index (χ0) is 16.5. The summed E-state index contributed by atoms with van der Waals surface area (Å²) in [5, 5.41) is 5.32. The van der Waals surface area contributed by atoms with Crippen LogP contribution in [0, 0.1) is 0 Å². The van der Waals surface area contributed by atoms with Gasteiger partial charge in [-0.2, -0.15) is 8.75 Å². The molecule has 0 radical (unpaired) electrons. The third-order valence-corrected chi connectivity index (χ3v) is 5.22. The number of anilines is 1. The summed E-state index contributed by atoms with van der Waals surface area (Å²) in [6.45, 7) is 0. The van der Waals surface area contributed by atoms with Crippen LogP contribution in [0.5, 0.6) is 0 Å². The van der Waals surface area contributed by atoms with E-state index in [1.165, 1.54) is 11.3 Å². The number of aromatic nitrogens is 3. The summed E-state index contributed by atoms with van der Waals surface area (Å²) in [5.74, 6) is -0.207. The van der Waals surface area contributed by atoms with Gasteiger partial charge >= 0.3 is 0 Å². The van der Waals surface area contributed by atoms with E-state index in [4.69, 9.17) is 0 Å². The topological polar surface area (TPSA) is 67.8 Å². The number of nitrogens with zero attached hydrogens (tertiary/aromatic N) is 3. The maximum absolute atomic E-state index is 12.4. The number of halogens is 1. The van der Waals surface area contributed by atoms with E-state index >= 15 is 0 Å². The van der Waals surface area contributed by atoms with Crippen LogP contribution in [0.25, 0.3) is 22.3 Å². The minimum atomic E-state index is -0.207. The molecule has 0 aliphatic rings. The van der Waals surface area contributed by atoms with E-state index in [0.717, 1.165) is 38.5 Å². The van der Waals surface area contributed by atoms with Crippen molar-refractivity contribution in [2.24, 2.45) is 0 Å². The van der Waals surface area contributed by atoms with E-state index in [0.29, 0.717) is 10.7 Å². The van der Waals surface area contributed by atoms with Crippen molar-refractivity contribution in [1.82, 2.24) is 13.7 Å². The fraction of sp³-hybridized carbons (Fsp3) is 0. The first-order valence-corrected chi connectivity index (χ1v) is 9.34. The summed E-state index contributed by atoms with van der Waals surface area (Å²) in [4.78, 5) is 16.8. The maximum Gasteiger partial charge on any atom is 0.257 e. The molecular formula is C16H9BrN4OS2. The Morgan fingerprint density at radius 3 is 2.67 bits per heavy atom. The minimum absolute atomic E-state index is 0.207. The molecule has 24 heavy (non-hydrogen) atoms. The molecule has 4 rings (SSSR count). The van der Waals surface area contributed by atoms with E-state index < -0.39 is 0 Å². The van der Waals surface area contributed by atoms with Crippen molar-refractivity contribution in [3.63, 3.8) is 0 Å². The quantitative estimate of drug-likeness (QED) is 0.519. The van der Waals surface area contributed by atoms with Crippen molar-refractivity contribution in [2.45, 2.75) is 0 Å². The SMILES string of the molecule is O=C(Nc1nc(-c2ccc(Br)cc2)cs1)c1ccc2nsnc2c1. The third-order valence-electron chi connectivity index (χ3n) is 3.38. The summed E-state index contributed by atoms with van der Waals surface area (Å²) in [6, 6.07) is 13.2. The average molecular weight is 417 g/mol. The van der Waals surface area contributed by atoms with Crippen LogP contribution < -0.4 is 5.32 Å². The van der Waals surface area contributed by atoms with Gasteiger partial charge in [0.1, 0.15) is 11.0 Å². The van der Waals surface area contributed by atoms with Gasteiger partial charge in [-0.15, -0.1) is 11.3 Å². The number of nitrogens with one attached hydrogen (secondary N) is 1. The summed E-state index contributed by atoms with van der Waals surface area (Å²) < 4.78 is 9.30. The van der Waals surface area contributed by atoms with Crippen LogP contribution in [-0.2, 0) is 0 Å². The normalized spacial score (nSPS) is 10.9. The number of carbonyl (C=O) groups is 1. The number of benzene rings is 2. The standard InChI is InChI=1S/C16H9BrN4OS2/c17-11-4-1-9(2-5-11)14-8-23-16(18-14)19-15(22)10-3-6-12-13(7-10)21-24-20-12/h1-8H,(H,18,19,22). The van der Waals surface area contributed by atoms with E-state index in [1.54, 1.807) is 18.2 Å². The monoisotopic (exact) mass is 416 g/mol. The highest BCUT2D eigenvalue weighted by Gasteiger charge is 2.11. The third kappa shape index (κ3) is 3.08. The van der Waals surface area contributed by atoms with Gasteiger partial charge < -0.3 is 0 Å². The highest BCUT2D eigenvalue weighted by atomic mass is 79.9. The summed E-state index contributed by atoms with van der Waals surface area (Å²) in [5.41, 5.74) is 3.90. The van der Waals surface area contributed by atoms with Crippen LogP contribution in [0.15, 0.2) is 52.3 Å². The van der Waals surface area contributed by atoms with Gasteiger partial charge in [-0.25, -0.2) is 4.98 Å². The molecule has 4 aromatic rings. The fourth-order valence-electron chi connectivity index (χ4n) is 2.18. The lowest BCUT2D eigenvalue weighted by atomic mass is 10.2. The highest BCUT2D eigenvalue weighted by molar-refractivity contribution is 9.10. The van der Waals surface area contributed by atoms with E-state index in [9.17, 15) is 4.79 Å². The molecule has 2 aromatic heterocycles. The molecule has 2 heterocycles. The van der Waals surface area contributed by atoms with Crippen LogP contribution in [0.4, 0.5) is 5.13 Å². The molecule has 0 atom stereocenters. The molecule has 1 N–H and O–H groups in total. The smallest absolute Gasteiger partial charge is 0.257 e. The molecule has 0 bridgehead atoms. The average Bonchev–Trinajstić information content (AvgIpc) is 3.24. The number of fused-ring (bicyclic) bond motifs is 1. The van der Waals surface area contributed by atoms with Crippen molar-refractivity contribution in [2.75, 3.05) is 5.32 Å². The molecule has 5 nitrogen and oxygen atoms in total. The Bertz CT molecular complexity index is 1030. The van der Waals surface area contributed by atoms with Crippen LogP contribution in [0.2, 0.25) is 0 Å². The number of amides is 1. The van der Waals surface area contributed by atoms with Crippen molar-refractivity contribution in [1.29, 1.82) is 0 Å². The molecule has 0 aliphatic heterocycles. The largest absolute Gasteiger partial charge is 0.298 e. The molecule has 118 valence electrons. The van der Waals surface area contributed by atoms with Gasteiger partial charge in [0.2, 0.25) is 0 Å². The van der Waals surface area contributed by atoms with Gasteiger partial charge in [-0.05, 0) is 30.3 Å². The van der Waals surface area contributed by atoms with Gasteiger partial charge in [0.05, 0.1) is 17.4 Å². The Kier molecular flexibility index (Phi) is 4.09. The van der Waals surface area contributed by atoms with Crippen molar-refractivity contribution in [3.05, 3.63) is 57.9 Å². The van der Waals surface area contributed by atoms with Gasteiger partial charge in [-0.3, -0.25) is 10.1 Å². The Balaban J connectivity index is 1.54. The zero-order valence-corrected chi connectivity index (χ0v) is 15.3. The van der Waals surface area contributed by atoms with Crippen molar-refractivity contribution >= 4 is 61.1 Å². The summed E-state index contributed by atoms with van der Waals surface area (Å²) >= 11 is 5.94. The number of hydrogen-bond donors (Lipinski definition) is 1. The predicted octanol–water partition coefficient (Wildman–Crippen LogP) is 4.83. The molecule has 0 spiro atoms. The Labute approximate surface area is 153 Å². The molecule has 0 saturated carbocycles. The lowest BCUT2D eigenvalue weighted by molar-refractivity contribution is 0.102. The first-order valence-electron chi connectivity index (χ1n) is 6.94. The molecule has 0 saturated heterocycles. The number of rotatable bonds is 3. The first kappa shape index (κ1) is 15.4. The van der Waals surface area contributed by atoms with Crippen molar-refractivity contribution in [3.8, 4) is 11.3 Å². The van der Waals surface area contributed by atoms with E-state index in [-0.39, 0.29) is 5.91 Å². The van der Waals surface area contributed by atoms with Crippen LogP contribution in [0.1, 0.15) is 10.4 Å². The first-order chi connectivity index (χ1) is 11.7. The summed E-state index contributed by atoms with van der Waals surface area (Å²) in [7, 11) is 0. The molecule has 2 aromatic carbocycles. The second-order valence-corrected chi connectivity index (χ2v) is 7.27. The second kappa shape index (κ2) is 6.39. The van der Waals surface area contributed by atoms with Crippen LogP contribution in [0.3, 0.4) is 0 Å². The zero-order valence-electron chi connectivity index (χ0n) is 12.1. The lowest BCUT2D eigenvalue weighted by Gasteiger charge is -2.01. The molecular weight excluding hydrogens is 408 g/mol. The second-order valence-electron chi connectivity index (χ2n) is 4.97. The highest BCUT2D eigenvalue weighted by Crippen LogP contribution is 2.26. The van der Waals surface area contributed by atoms with Gasteiger partial charge in [0.25, 0.3) is 5.91 Å². The lowest BCUT2D eigenvalue weighted by Crippen LogP contribution is -2.11. The van der Waals surface area contributed by atoms with E-state index in [2.05, 4.69) is 35.0 Å². The Hall–Kier alpha value is -2.16. The maximum atomic E-state index is 12.4. The Morgan fingerprint density at radius 2 is 1.83 bits per heavy atom. The number of hydrogen-bond acceptors (Lipinski definition) is 6. The minimum Gasteiger partial charge on any atom is -0.298 e. The molecule has 0 unspecified atom stereocenters. The van der Waals surface area contributed by atoms with Gasteiger partial charge in [-0.1, -0.05) is 28.1 Å². The number of thiazole rings is 1. The molecule has 8 heteroatoms. The predicted molar refractivity (Wildman–Crippen MR) is 101 cm³/mol. The van der Waals surface area contributed by atoms with Crippen LogP contribution in [-0.4, -0.2) is 19.6 Å². The van der Waals surface area contributed by atoms with Crippen LogP contribution >= 0.6 is 39.0 Å².